The quantitative estimate of drug-likeness (QED) is 0.343. The van der Waals surface area contributed by atoms with Crippen LogP contribution in [-0.4, -0.2) is 21.7 Å². The Morgan fingerprint density at radius 2 is 1.73 bits per heavy atom. The Morgan fingerprint density at radius 1 is 1.00 bits per heavy atom. The topological polar surface area (TPSA) is 114 Å². The van der Waals surface area contributed by atoms with E-state index in [1.54, 1.807) is 36.4 Å². The molecule has 0 aliphatic carbocycles. The zero-order valence-corrected chi connectivity index (χ0v) is 16.2. The Morgan fingerprint density at radius 3 is 2.40 bits per heavy atom. The molecule has 0 unspecified atom stereocenters. The van der Waals surface area contributed by atoms with E-state index in [2.05, 4.69) is 15.6 Å². The van der Waals surface area contributed by atoms with E-state index in [1.807, 2.05) is 0 Å². The Bertz CT molecular complexity index is 1110. The molecule has 0 saturated carbocycles. The van der Waals surface area contributed by atoms with E-state index >= 15 is 0 Å². The summed E-state index contributed by atoms with van der Waals surface area (Å²) in [5, 5.41) is 16.4. The van der Waals surface area contributed by atoms with Crippen molar-refractivity contribution in [2.45, 2.75) is 0 Å². The lowest BCUT2D eigenvalue weighted by Crippen LogP contribution is -2.17. The number of carbonyl (C=O) groups excluding carboxylic acids is 2. The van der Waals surface area contributed by atoms with E-state index in [0.29, 0.717) is 22.1 Å². The average molecular weight is 423 g/mol. The van der Waals surface area contributed by atoms with Gasteiger partial charge in [-0.1, -0.05) is 23.7 Å². The first-order valence-corrected chi connectivity index (χ1v) is 9.05. The fourth-order valence-corrected chi connectivity index (χ4v) is 2.59. The number of nitro groups is 1. The number of benzene rings is 2. The van der Waals surface area contributed by atoms with Gasteiger partial charge in [-0.05, 0) is 48.0 Å². The van der Waals surface area contributed by atoms with Gasteiger partial charge in [0.15, 0.2) is 0 Å². The van der Waals surface area contributed by atoms with E-state index < -0.39 is 16.7 Å². The molecule has 30 heavy (non-hydrogen) atoms. The SMILES string of the molecule is O=C(C=Cc1ccc([N+](=O)[O-])cc1)Nc1ccccc1C(=O)Nc1ccc(Cl)cn1. The molecule has 3 aromatic rings. The van der Waals surface area contributed by atoms with Gasteiger partial charge in [-0.15, -0.1) is 0 Å². The Hall–Kier alpha value is -4.04. The second-order valence-corrected chi connectivity index (χ2v) is 6.47. The predicted octanol–water partition coefficient (Wildman–Crippen LogP) is 4.55. The van der Waals surface area contributed by atoms with Crippen molar-refractivity contribution in [2.24, 2.45) is 0 Å². The van der Waals surface area contributed by atoms with Crippen molar-refractivity contribution in [3.8, 4) is 0 Å². The largest absolute Gasteiger partial charge is 0.322 e. The molecule has 0 fully saturated rings. The van der Waals surface area contributed by atoms with Crippen LogP contribution in [0, 0.1) is 10.1 Å². The van der Waals surface area contributed by atoms with Gasteiger partial charge in [-0.3, -0.25) is 19.7 Å². The standard InChI is InChI=1S/C21H15ClN4O4/c22-15-8-11-19(23-13-15)25-21(28)17-3-1-2-4-18(17)24-20(27)12-7-14-5-9-16(10-6-14)26(29)30/h1-13H,(H,24,27)(H,23,25,28). The first-order valence-electron chi connectivity index (χ1n) is 8.68. The van der Waals surface area contributed by atoms with Crippen LogP contribution >= 0.6 is 11.6 Å². The van der Waals surface area contributed by atoms with Crippen LogP contribution in [0.4, 0.5) is 17.2 Å². The maximum absolute atomic E-state index is 12.6. The molecule has 0 atom stereocenters. The number of para-hydroxylation sites is 1. The molecule has 1 heterocycles. The molecule has 1 aromatic heterocycles. The summed E-state index contributed by atoms with van der Waals surface area (Å²) in [6.07, 6.45) is 4.20. The van der Waals surface area contributed by atoms with Gasteiger partial charge in [0, 0.05) is 24.4 Å². The number of nitro benzene ring substituents is 1. The number of nitrogens with zero attached hydrogens (tertiary/aromatic N) is 2. The van der Waals surface area contributed by atoms with Gasteiger partial charge in [-0.2, -0.15) is 0 Å². The summed E-state index contributed by atoms with van der Waals surface area (Å²) in [6, 6.07) is 15.5. The van der Waals surface area contributed by atoms with Crippen molar-refractivity contribution in [2.75, 3.05) is 10.6 Å². The third kappa shape index (κ3) is 5.49. The fraction of sp³-hybridized carbons (Fsp3) is 0. The number of anilines is 2. The van der Waals surface area contributed by atoms with Gasteiger partial charge in [0.25, 0.3) is 11.6 Å². The van der Waals surface area contributed by atoms with Gasteiger partial charge in [0.2, 0.25) is 5.91 Å². The van der Waals surface area contributed by atoms with Crippen molar-refractivity contribution in [3.05, 3.63) is 99.2 Å². The molecule has 0 spiro atoms. The highest BCUT2D eigenvalue weighted by atomic mass is 35.5. The van der Waals surface area contributed by atoms with Gasteiger partial charge in [0.1, 0.15) is 5.82 Å². The minimum absolute atomic E-state index is 0.0354. The number of amides is 2. The second-order valence-electron chi connectivity index (χ2n) is 6.03. The first-order chi connectivity index (χ1) is 14.4. The van der Waals surface area contributed by atoms with Crippen LogP contribution in [0.2, 0.25) is 5.02 Å². The van der Waals surface area contributed by atoms with Gasteiger partial charge < -0.3 is 10.6 Å². The summed E-state index contributed by atoms with van der Waals surface area (Å²) in [5.74, 6) is -0.582. The van der Waals surface area contributed by atoms with Crippen molar-refractivity contribution < 1.29 is 14.5 Å². The minimum Gasteiger partial charge on any atom is -0.322 e. The molecule has 0 saturated heterocycles. The van der Waals surface area contributed by atoms with E-state index in [1.165, 1.54) is 42.6 Å². The molecule has 0 aliphatic rings. The smallest absolute Gasteiger partial charge is 0.269 e. The van der Waals surface area contributed by atoms with Crippen LogP contribution < -0.4 is 10.6 Å². The summed E-state index contributed by atoms with van der Waals surface area (Å²) in [6.45, 7) is 0. The number of nitrogens with one attached hydrogen (secondary N) is 2. The van der Waals surface area contributed by atoms with Crippen LogP contribution in [-0.2, 0) is 4.79 Å². The molecule has 0 aliphatic heterocycles. The number of hydrogen-bond acceptors (Lipinski definition) is 5. The van der Waals surface area contributed by atoms with Crippen LogP contribution in [0.3, 0.4) is 0 Å². The molecule has 9 heteroatoms. The highest BCUT2D eigenvalue weighted by Gasteiger charge is 2.13. The first kappa shape index (κ1) is 20.7. The number of hydrogen-bond donors (Lipinski definition) is 2. The lowest BCUT2D eigenvalue weighted by atomic mass is 10.1. The van der Waals surface area contributed by atoms with Crippen molar-refractivity contribution in [3.63, 3.8) is 0 Å². The number of aromatic nitrogens is 1. The highest BCUT2D eigenvalue weighted by Crippen LogP contribution is 2.18. The summed E-state index contributed by atoms with van der Waals surface area (Å²) >= 11 is 5.78. The molecule has 0 radical (unpaired) electrons. The molecular weight excluding hydrogens is 408 g/mol. The summed E-state index contributed by atoms with van der Waals surface area (Å²) in [5.41, 5.74) is 1.16. The predicted molar refractivity (Wildman–Crippen MR) is 114 cm³/mol. The van der Waals surface area contributed by atoms with Crippen LogP contribution in [0.15, 0.2) is 72.9 Å². The van der Waals surface area contributed by atoms with Crippen LogP contribution in [0.25, 0.3) is 6.08 Å². The number of carbonyl (C=O) groups is 2. The van der Waals surface area contributed by atoms with E-state index in [4.69, 9.17) is 11.6 Å². The average Bonchev–Trinajstić information content (AvgIpc) is 2.74. The minimum atomic E-state index is -0.498. The molecular formula is C21H15ClN4O4. The highest BCUT2D eigenvalue weighted by molar-refractivity contribution is 6.30. The summed E-state index contributed by atoms with van der Waals surface area (Å²) in [4.78, 5) is 39.0. The number of halogens is 1. The summed E-state index contributed by atoms with van der Waals surface area (Å²) in [7, 11) is 0. The van der Waals surface area contributed by atoms with Crippen LogP contribution in [0.5, 0.6) is 0 Å². The number of non-ortho nitro benzene ring substituents is 1. The summed E-state index contributed by atoms with van der Waals surface area (Å²) < 4.78 is 0. The lowest BCUT2D eigenvalue weighted by Gasteiger charge is -2.10. The lowest BCUT2D eigenvalue weighted by molar-refractivity contribution is -0.384. The normalized spacial score (nSPS) is 10.6. The van der Waals surface area contributed by atoms with Gasteiger partial charge >= 0.3 is 0 Å². The molecule has 150 valence electrons. The monoisotopic (exact) mass is 422 g/mol. The van der Waals surface area contributed by atoms with Crippen molar-refractivity contribution in [1.82, 2.24) is 4.98 Å². The molecule has 0 bridgehead atoms. The maximum atomic E-state index is 12.6. The Kier molecular flexibility index (Phi) is 6.51. The zero-order valence-electron chi connectivity index (χ0n) is 15.4. The Labute approximate surface area is 176 Å². The van der Waals surface area contributed by atoms with E-state index in [9.17, 15) is 19.7 Å². The number of pyridine rings is 1. The second kappa shape index (κ2) is 9.44. The molecule has 2 aromatic carbocycles. The third-order valence-corrected chi connectivity index (χ3v) is 4.15. The molecule has 3 rings (SSSR count). The number of rotatable bonds is 6. The van der Waals surface area contributed by atoms with Crippen molar-refractivity contribution >= 4 is 46.7 Å². The van der Waals surface area contributed by atoms with E-state index in [0.717, 1.165) is 0 Å². The fourth-order valence-electron chi connectivity index (χ4n) is 2.48. The Balaban J connectivity index is 1.69. The van der Waals surface area contributed by atoms with Crippen LogP contribution in [0.1, 0.15) is 15.9 Å². The van der Waals surface area contributed by atoms with E-state index in [-0.39, 0.29) is 11.3 Å². The third-order valence-electron chi connectivity index (χ3n) is 3.93. The van der Waals surface area contributed by atoms with Crippen molar-refractivity contribution in [1.29, 1.82) is 0 Å². The molecule has 8 nitrogen and oxygen atoms in total. The zero-order chi connectivity index (χ0) is 21.5. The van der Waals surface area contributed by atoms with Gasteiger partial charge in [0.05, 0.1) is 21.2 Å². The maximum Gasteiger partial charge on any atom is 0.269 e. The van der Waals surface area contributed by atoms with Gasteiger partial charge in [-0.25, -0.2) is 4.98 Å². The molecule has 2 N–H and O–H groups in total. The molecule has 2 amide bonds.